The summed E-state index contributed by atoms with van der Waals surface area (Å²) in [6.45, 7) is 9.77. The molecule has 0 aromatic rings. The normalized spacial score (nSPS) is 13.7. The van der Waals surface area contributed by atoms with Gasteiger partial charge in [-0.3, -0.25) is 37.3 Å². The zero-order valence-electron chi connectivity index (χ0n) is 74.0. The summed E-state index contributed by atoms with van der Waals surface area (Å²) in [7, 11) is -9.94. The molecular formula is C93H182O17P2. The van der Waals surface area contributed by atoms with Gasteiger partial charge >= 0.3 is 39.5 Å². The van der Waals surface area contributed by atoms with Crippen LogP contribution in [0.5, 0.6) is 0 Å². The molecule has 0 aromatic heterocycles. The molecule has 5 atom stereocenters. The summed E-state index contributed by atoms with van der Waals surface area (Å²) in [5.41, 5.74) is 0. The lowest BCUT2D eigenvalue weighted by Gasteiger charge is -2.21. The molecule has 0 saturated carbocycles. The van der Waals surface area contributed by atoms with Crippen molar-refractivity contribution in [3.05, 3.63) is 0 Å². The second kappa shape index (κ2) is 84.1. The summed E-state index contributed by atoms with van der Waals surface area (Å²) < 4.78 is 69.1. The van der Waals surface area contributed by atoms with Gasteiger partial charge in [0.2, 0.25) is 0 Å². The first-order valence-electron chi connectivity index (χ1n) is 48.0. The van der Waals surface area contributed by atoms with Gasteiger partial charge in [-0.05, 0) is 37.5 Å². The van der Waals surface area contributed by atoms with Gasteiger partial charge in [0.25, 0.3) is 0 Å². The molecule has 0 rings (SSSR count). The molecule has 0 aliphatic heterocycles. The third-order valence-corrected chi connectivity index (χ3v) is 23.9. The van der Waals surface area contributed by atoms with Gasteiger partial charge in [-0.15, -0.1) is 0 Å². The van der Waals surface area contributed by atoms with Crippen LogP contribution in [-0.4, -0.2) is 96.7 Å². The molecule has 666 valence electrons. The molecular weight excluding hydrogens is 1450 g/mol. The maximum Gasteiger partial charge on any atom is 0.472 e. The van der Waals surface area contributed by atoms with Gasteiger partial charge in [-0.25, -0.2) is 9.13 Å². The van der Waals surface area contributed by atoms with Gasteiger partial charge in [0.05, 0.1) is 26.4 Å². The van der Waals surface area contributed by atoms with Crippen molar-refractivity contribution in [2.75, 3.05) is 39.6 Å². The minimum Gasteiger partial charge on any atom is -0.462 e. The number of unbranched alkanes of at least 4 members (excludes halogenated alkanes) is 62. The number of carbonyl (C=O) groups excluding carboxylic acids is 4. The van der Waals surface area contributed by atoms with Crippen LogP contribution >= 0.6 is 15.6 Å². The molecule has 0 bridgehead atoms. The number of esters is 4. The first-order chi connectivity index (χ1) is 54.4. The Balaban J connectivity index is 5.22. The monoisotopic (exact) mass is 1630 g/mol. The SMILES string of the molecule is CCCCCCCCCCCCCCCCCCCCCCCCC(=O)O[C@H](COC(=O)CCCCCCCCCCCCCCCCCCCCC(C)C)COP(=O)(O)OC[C@@H](O)COP(=O)(O)OC[C@@H](COC(=O)CCCCCCCCCCCCC)OC(=O)CCCCCCCCCCCCCCCCCC(C)C. The molecule has 0 saturated heterocycles. The molecule has 0 amide bonds. The Bertz CT molecular complexity index is 2130. The van der Waals surface area contributed by atoms with Crippen LogP contribution in [0.1, 0.15) is 504 Å². The average Bonchev–Trinajstić information content (AvgIpc) is 0.897. The fraction of sp³-hybridized carbons (Fsp3) is 0.957. The number of carbonyl (C=O) groups is 4. The minimum atomic E-state index is -4.97. The summed E-state index contributed by atoms with van der Waals surface area (Å²) in [6, 6.07) is 0. The van der Waals surface area contributed by atoms with E-state index in [1.54, 1.807) is 0 Å². The van der Waals surface area contributed by atoms with Crippen LogP contribution in [0, 0.1) is 11.8 Å². The van der Waals surface area contributed by atoms with E-state index in [0.29, 0.717) is 25.7 Å². The van der Waals surface area contributed by atoms with Crippen LogP contribution in [0.4, 0.5) is 0 Å². The van der Waals surface area contributed by atoms with E-state index in [2.05, 4.69) is 41.5 Å². The van der Waals surface area contributed by atoms with Crippen molar-refractivity contribution < 1.29 is 80.2 Å². The fourth-order valence-electron chi connectivity index (χ4n) is 14.7. The Morgan fingerprint density at radius 1 is 0.241 bits per heavy atom. The summed E-state index contributed by atoms with van der Waals surface area (Å²) in [5, 5.41) is 10.7. The van der Waals surface area contributed by atoms with Crippen LogP contribution in [0.3, 0.4) is 0 Å². The molecule has 0 aliphatic rings. The molecule has 0 aliphatic carbocycles. The van der Waals surface area contributed by atoms with Crippen LogP contribution < -0.4 is 0 Å². The predicted octanol–water partition coefficient (Wildman–Crippen LogP) is 29.0. The van der Waals surface area contributed by atoms with Crippen LogP contribution in [0.15, 0.2) is 0 Å². The molecule has 3 N–H and O–H groups in total. The van der Waals surface area contributed by atoms with Crippen molar-refractivity contribution in [3.63, 3.8) is 0 Å². The third kappa shape index (κ3) is 85.9. The standard InChI is InChI=1S/C93H182O17P2/c1-7-9-11-13-15-17-19-20-21-22-23-24-25-26-31-36-41-47-53-59-65-71-77-92(97)110-89(82-104-91(96)76-70-64-58-52-46-40-35-30-28-27-29-33-38-44-49-55-61-67-73-85(3)4)84-108-112(101,102)106-80-87(94)79-105-111(99,100)107-83-88(81-103-90(95)75-69-63-57-51-43-18-16-14-12-10-8-2)109-93(98)78-72-66-60-54-48-42-37-32-34-39-45-50-56-62-68-74-86(5)6/h85-89,94H,7-84H2,1-6H3,(H,99,100)(H,101,102)/t87-,88+,89+/m0/s1. The Kier molecular flexibility index (Phi) is 82.6. The quantitative estimate of drug-likeness (QED) is 0.0222. The van der Waals surface area contributed by atoms with E-state index in [4.69, 9.17) is 37.0 Å². The molecule has 0 radical (unpaired) electrons. The smallest absolute Gasteiger partial charge is 0.462 e. The molecule has 2 unspecified atom stereocenters. The van der Waals surface area contributed by atoms with Crippen molar-refractivity contribution in [3.8, 4) is 0 Å². The molecule has 19 heteroatoms. The van der Waals surface area contributed by atoms with Gasteiger partial charge in [-0.1, -0.05) is 452 Å². The van der Waals surface area contributed by atoms with E-state index in [1.807, 2.05) is 0 Å². The molecule has 0 fully saturated rings. The van der Waals surface area contributed by atoms with Crippen LogP contribution in [0.25, 0.3) is 0 Å². The van der Waals surface area contributed by atoms with E-state index in [1.165, 1.54) is 321 Å². The summed E-state index contributed by atoms with van der Waals surface area (Å²) in [4.78, 5) is 73.5. The van der Waals surface area contributed by atoms with Gasteiger partial charge in [-0.2, -0.15) is 0 Å². The number of aliphatic hydroxyl groups is 1. The number of phosphoric ester groups is 2. The van der Waals surface area contributed by atoms with Crippen molar-refractivity contribution in [1.82, 2.24) is 0 Å². The van der Waals surface area contributed by atoms with Crippen molar-refractivity contribution in [2.45, 2.75) is 522 Å². The summed E-state index contributed by atoms with van der Waals surface area (Å²) in [6.07, 6.45) is 79.3. The fourth-order valence-corrected chi connectivity index (χ4v) is 16.2. The second-order valence-corrected chi connectivity index (χ2v) is 37.3. The van der Waals surface area contributed by atoms with Crippen LogP contribution in [0.2, 0.25) is 0 Å². The first-order valence-corrected chi connectivity index (χ1v) is 51.0. The highest BCUT2D eigenvalue weighted by molar-refractivity contribution is 7.47. The van der Waals surface area contributed by atoms with Gasteiger partial charge < -0.3 is 33.8 Å². The molecule has 112 heavy (non-hydrogen) atoms. The lowest BCUT2D eigenvalue weighted by Crippen LogP contribution is -2.30. The first kappa shape index (κ1) is 110. The lowest BCUT2D eigenvalue weighted by molar-refractivity contribution is -0.161. The van der Waals surface area contributed by atoms with Crippen molar-refractivity contribution >= 4 is 39.5 Å². The molecule has 0 heterocycles. The Morgan fingerprint density at radius 2 is 0.411 bits per heavy atom. The van der Waals surface area contributed by atoms with E-state index >= 15 is 0 Å². The van der Waals surface area contributed by atoms with E-state index in [9.17, 15) is 43.2 Å². The van der Waals surface area contributed by atoms with Gasteiger partial charge in [0.15, 0.2) is 12.2 Å². The predicted molar refractivity (Wildman–Crippen MR) is 465 cm³/mol. The van der Waals surface area contributed by atoms with E-state index in [-0.39, 0.29) is 25.7 Å². The van der Waals surface area contributed by atoms with E-state index < -0.39 is 97.5 Å². The Hall–Kier alpha value is -1.94. The second-order valence-electron chi connectivity index (χ2n) is 34.4. The zero-order chi connectivity index (χ0) is 82.0. The van der Waals surface area contributed by atoms with Crippen molar-refractivity contribution in [2.24, 2.45) is 11.8 Å². The zero-order valence-corrected chi connectivity index (χ0v) is 75.8. The van der Waals surface area contributed by atoms with Crippen molar-refractivity contribution in [1.29, 1.82) is 0 Å². The maximum atomic E-state index is 13.2. The summed E-state index contributed by atoms with van der Waals surface area (Å²) >= 11 is 0. The maximum absolute atomic E-state index is 13.2. The lowest BCUT2D eigenvalue weighted by atomic mass is 10.0. The number of aliphatic hydroxyl groups excluding tert-OH is 1. The third-order valence-electron chi connectivity index (χ3n) is 22.0. The number of phosphoric acid groups is 2. The Labute approximate surface area is 689 Å². The molecule has 0 aromatic carbocycles. The highest BCUT2D eigenvalue weighted by atomic mass is 31.2. The highest BCUT2D eigenvalue weighted by Gasteiger charge is 2.31. The topological polar surface area (TPSA) is 237 Å². The van der Waals surface area contributed by atoms with E-state index in [0.717, 1.165) is 102 Å². The van der Waals surface area contributed by atoms with Crippen LogP contribution in [-0.2, 0) is 65.4 Å². The summed E-state index contributed by atoms with van der Waals surface area (Å²) in [5.74, 6) is -0.467. The molecule has 0 spiro atoms. The minimum absolute atomic E-state index is 0.108. The largest absolute Gasteiger partial charge is 0.472 e. The number of hydrogen-bond acceptors (Lipinski definition) is 15. The number of hydrogen-bond donors (Lipinski definition) is 3. The highest BCUT2D eigenvalue weighted by Crippen LogP contribution is 2.45. The Morgan fingerprint density at radius 3 is 0.607 bits per heavy atom. The average molecular weight is 1630 g/mol. The van der Waals surface area contributed by atoms with Gasteiger partial charge in [0.1, 0.15) is 19.3 Å². The molecule has 17 nitrogen and oxygen atoms in total. The number of ether oxygens (including phenoxy) is 4. The number of rotatable bonds is 92. The van der Waals surface area contributed by atoms with Gasteiger partial charge in [0, 0.05) is 25.7 Å².